The molecule has 1 aromatic heterocycles. The van der Waals surface area contributed by atoms with E-state index in [0.29, 0.717) is 5.00 Å². The van der Waals surface area contributed by atoms with Gasteiger partial charge < -0.3 is 4.74 Å². The van der Waals surface area contributed by atoms with Gasteiger partial charge in [0.1, 0.15) is 10.8 Å². The van der Waals surface area contributed by atoms with Crippen molar-refractivity contribution in [1.82, 2.24) is 0 Å². The molecule has 0 radical (unpaired) electrons. The summed E-state index contributed by atoms with van der Waals surface area (Å²) in [5, 5.41) is 15.9. The van der Waals surface area contributed by atoms with Crippen molar-refractivity contribution < 1.29 is 14.5 Å². The first-order valence-corrected chi connectivity index (χ1v) is 7.87. The normalized spacial score (nSPS) is 10.2. The van der Waals surface area contributed by atoms with Gasteiger partial charge in [-0.3, -0.25) is 15.4 Å². The molecule has 0 fully saturated rings. The monoisotopic (exact) mass is 340 g/mol. The summed E-state index contributed by atoms with van der Waals surface area (Å²) in [6.45, 7) is 0. The second-order valence-electron chi connectivity index (χ2n) is 4.79. The number of nitrogens with zero attached hydrogens (tertiary/aromatic N) is 1. The summed E-state index contributed by atoms with van der Waals surface area (Å²) in [5.74, 6) is 0.232. The lowest BCUT2D eigenvalue weighted by atomic mass is 10.1. The second kappa shape index (κ2) is 6.93. The fourth-order valence-corrected chi connectivity index (χ4v) is 2.91. The Kier molecular flexibility index (Phi) is 4.53. The Morgan fingerprint density at radius 1 is 1.04 bits per heavy atom. The number of nitrogens with one attached hydrogen (secondary N) is 1. The van der Waals surface area contributed by atoms with Crippen LogP contribution in [0.25, 0.3) is 11.1 Å². The van der Waals surface area contributed by atoms with Crippen molar-refractivity contribution in [1.29, 1.82) is 0 Å². The Labute approximate surface area is 141 Å². The molecule has 1 heterocycles. The molecule has 3 rings (SSSR count). The summed E-state index contributed by atoms with van der Waals surface area (Å²) in [7, 11) is 0. The first-order valence-electron chi connectivity index (χ1n) is 7.00. The third-order valence-electron chi connectivity index (χ3n) is 3.22. The first kappa shape index (κ1) is 15.7. The van der Waals surface area contributed by atoms with Gasteiger partial charge in [0.2, 0.25) is 0 Å². The van der Waals surface area contributed by atoms with Gasteiger partial charge in [0, 0.05) is 17.7 Å². The van der Waals surface area contributed by atoms with Crippen molar-refractivity contribution in [3.63, 3.8) is 0 Å². The Bertz CT molecular complexity index is 860. The minimum absolute atomic E-state index is 0.0626. The fraction of sp³-hybridized carbons (Fsp3) is 0. The molecule has 0 saturated carbocycles. The minimum Gasteiger partial charge on any atom is -0.410 e. The van der Waals surface area contributed by atoms with Crippen LogP contribution in [0.3, 0.4) is 0 Å². The van der Waals surface area contributed by atoms with E-state index in [1.165, 1.54) is 35.6 Å². The van der Waals surface area contributed by atoms with Gasteiger partial charge in [0.15, 0.2) is 0 Å². The quantitative estimate of drug-likeness (QED) is 0.539. The second-order valence-corrected chi connectivity index (χ2v) is 5.71. The molecule has 0 unspecified atom stereocenters. The average Bonchev–Trinajstić information content (AvgIpc) is 3.04. The molecular formula is C17H12N2O4S. The van der Waals surface area contributed by atoms with E-state index in [9.17, 15) is 14.9 Å². The summed E-state index contributed by atoms with van der Waals surface area (Å²) < 4.78 is 5.15. The topological polar surface area (TPSA) is 81.5 Å². The largest absolute Gasteiger partial charge is 0.417 e. The van der Waals surface area contributed by atoms with Gasteiger partial charge in [-0.1, -0.05) is 30.3 Å². The highest BCUT2D eigenvalue weighted by molar-refractivity contribution is 7.15. The number of amides is 1. The van der Waals surface area contributed by atoms with Crippen LogP contribution in [0.1, 0.15) is 0 Å². The number of hydrogen-bond acceptors (Lipinski definition) is 5. The molecule has 0 atom stereocenters. The smallest absolute Gasteiger partial charge is 0.410 e. The number of carbonyl (C=O) groups excluding carboxylic acids is 1. The van der Waals surface area contributed by atoms with Crippen LogP contribution in [0.5, 0.6) is 5.75 Å². The predicted octanol–water partition coefficient (Wildman–Crippen LogP) is 4.93. The van der Waals surface area contributed by atoms with Crippen LogP contribution in [-0.2, 0) is 0 Å². The molecule has 24 heavy (non-hydrogen) atoms. The zero-order valence-electron chi connectivity index (χ0n) is 12.3. The van der Waals surface area contributed by atoms with Crippen LogP contribution < -0.4 is 10.1 Å². The van der Waals surface area contributed by atoms with Gasteiger partial charge in [0.25, 0.3) is 5.69 Å². The Hall–Kier alpha value is -3.19. The molecule has 0 spiro atoms. The number of thiophene rings is 1. The Morgan fingerprint density at radius 3 is 2.42 bits per heavy atom. The molecule has 120 valence electrons. The van der Waals surface area contributed by atoms with Crippen LogP contribution in [0, 0.1) is 10.1 Å². The zero-order chi connectivity index (χ0) is 16.9. The lowest BCUT2D eigenvalue weighted by molar-refractivity contribution is -0.384. The summed E-state index contributed by atoms with van der Waals surface area (Å²) in [6, 6.07) is 16.9. The highest BCUT2D eigenvalue weighted by atomic mass is 32.1. The molecule has 3 aromatic rings. The highest BCUT2D eigenvalue weighted by Crippen LogP contribution is 2.33. The predicted molar refractivity (Wildman–Crippen MR) is 92.5 cm³/mol. The van der Waals surface area contributed by atoms with Crippen LogP contribution in [-0.4, -0.2) is 11.0 Å². The van der Waals surface area contributed by atoms with Gasteiger partial charge >= 0.3 is 6.09 Å². The van der Waals surface area contributed by atoms with E-state index in [1.807, 2.05) is 41.8 Å². The van der Waals surface area contributed by atoms with Crippen molar-refractivity contribution in [2.75, 3.05) is 5.32 Å². The van der Waals surface area contributed by atoms with Gasteiger partial charge in [-0.25, -0.2) is 4.79 Å². The van der Waals surface area contributed by atoms with Crippen molar-refractivity contribution in [2.45, 2.75) is 0 Å². The zero-order valence-corrected chi connectivity index (χ0v) is 13.2. The molecule has 0 aliphatic rings. The molecular weight excluding hydrogens is 328 g/mol. The van der Waals surface area contributed by atoms with E-state index >= 15 is 0 Å². The molecule has 0 aliphatic carbocycles. The number of benzene rings is 2. The van der Waals surface area contributed by atoms with E-state index in [0.717, 1.165) is 11.1 Å². The lowest BCUT2D eigenvalue weighted by Crippen LogP contribution is -2.16. The molecule has 0 aliphatic heterocycles. The maximum absolute atomic E-state index is 12.0. The first-order chi connectivity index (χ1) is 11.6. The van der Waals surface area contributed by atoms with Crippen LogP contribution in [0.2, 0.25) is 0 Å². The van der Waals surface area contributed by atoms with E-state index in [4.69, 9.17) is 4.74 Å². The van der Waals surface area contributed by atoms with Crippen molar-refractivity contribution in [3.8, 4) is 16.9 Å². The fourth-order valence-electron chi connectivity index (χ4n) is 2.11. The summed E-state index contributed by atoms with van der Waals surface area (Å²) in [6.07, 6.45) is -0.650. The molecule has 0 bridgehead atoms. The SMILES string of the molecule is O=C(Nc1sccc1-c1ccccc1)Oc1ccc([N+](=O)[O-])cc1. The number of hydrogen-bond donors (Lipinski definition) is 1. The van der Waals surface area contributed by atoms with Crippen LogP contribution in [0.15, 0.2) is 66.0 Å². The standard InChI is InChI=1S/C17H12N2O4S/c20-17(23-14-8-6-13(7-9-14)19(21)22)18-16-15(10-11-24-16)12-4-2-1-3-5-12/h1-11H,(H,18,20). The van der Waals surface area contributed by atoms with E-state index in [1.54, 1.807) is 0 Å². The minimum atomic E-state index is -0.650. The number of anilines is 1. The van der Waals surface area contributed by atoms with Gasteiger partial charge in [-0.05, 0) is 29.1 Å². The van der Waals surface area contributed by atoms with Crippen molar-refractivity contribution in [2.24, 2.45) is 0 Å². The molecule has 1 N–H and O–H groups in total. The molecule has 0 saturated heterocycles. The molecule has 1 amide bonds. The van der Waals surface area contributed by atoms with E-state index in [-0.39, 0.29) is 11.4 Å². The van der Waals surface area contributed by atoms with Crippen LogP contribution >= 0.6 is 11.3 Å². The highest BCUT2D eigenvalue weighted by Gasteiger charge is 2.12. The summed E-state index contributed by atoms with van der Waals surface area (Å²) >= 11 is 1.39. The lowest BCUT2D eigenvalue weighted by Gasteiger charge is -2.07. The number of carbonyl (C=O) groups is 1. The average molecular weight is 340 g/mol. The number of rotatable bonds is 4. The van der Waals surface area contributed by atoms with Crippen molar-refractivity contribution in [3.05, 3.63) is 76.2 Å². The molecule has 7 heteroatoms. The summed E-state index contributed by atoms with van der Waals surface area (Å²) in [4.78, 5) is 22.1. The van der Waals surface area contributed by atoms with E-state index in [2.05, 4.69) is 5.32 Å². The third kappa shape index (κ3) is 3.58. The number of non-ortho nitro benzene ring substituents is 1. The maximum Gasteiger partial charge on any atom is 0.417 e. The van der Waals surface area contributed by atoms with Gasteiger partial charge in [0.05, 0.1) is 4.92 Å². The van der Waals surface area contributed by atoms with Crippen molar-refractivity contribution >= 4 is 28.1 Å². The van der Waals surface area contributed by atoms with Gasteiger partial charge in [-0.15, -0.1) is 11.3 Å². The Balaban J connectivity index is 1.70. The Morgan fingerprint density at radius 2 is 1.75 bits per heavy atom. The summed E-state index contributed by atoms with van der Waals surface area (Å²) in [5.41, 5.74) is 1.83. The van der Waals surface area contributed by atoms with E-state index < -0.39 is 11.0 Å². The van der Waals surface area contributed by atoms with Gasteiger partial charge in [-0.2, -0.15) is 0 Å². The number of nitro benzene ring substituents is 1. The number of nitro groups is 1. The van der Waals surface area contributed by atoms with Crippen LogP contribution in [0.4, 0.5) is 15.5 Å². The maximum atomic E-state index is 12.0. The third-order valence-corrected chi connectivity index (χ3v) is 4.05. The molecule has 2 aromatic carbocycles. The number of ether oxygens (including phenoxy) is 1. The molecule has 6 nitrogen and oxygen atoms in total.